The zero-order valence-corrected chi connectivity index (χ0v) is 12.0. The number of benzene rings is 1. The Labute approximate surface area is 118 Å². The van der Waals surface area contributed by atoms with Gasteiger partial charge in [-0.1, -0.05) is 29.8 Å². The van der Waals surface area contributed by atoms with Gasteiger partial charge in [0.15, 0.2) is 5.65 Å². The Hall–Kier alpha value is -2.20. The molecule has 0 saturated carbocycles. The van der Waals surface area contributed by atoms with Crippen molar-refractivity contribution in [3.8, 4) is 11.3 Å². The van der Waals surface area contributed by atoms with Gasteiger partial charge in [0, 0.05) is 12.1 Å². The summed E-state index contributed by atoms with van der Waals surface area (Å²) in [6.07, 6.45) is 0. The minimum absolute atomic E-state index is 0.761. The maximum atomic E-state index is 4.73. The fourth-order valence-corrected chi connectivity index (χ4v) is 2.34. The van der Waals surface area contributed by atoms with Gasteiger partial charge in [-0.05, 0) is 33.0 Å². The van der Waals surface area contributed by atoms with Crippen LogP contribution in [-0.4, -0.2) is 21.6 Å². The summed E-state index contributed by atoms with van der Waals surface area (Å²) in [5.41, 5.74) is 6.36. The SMILES string of the molecule is CNCc1c(C)nc2ccc(-c3ccc(C)cc3)nn12. The van der Waals surface area contributed by atoms with Gasteiger partial charge in [0.25, 0.3) is 0 Å². The van der Waals surface area contributed by atoms with E-state index in [0.717, 1.165) is 34.8 Å². The number of aromatic nitrogens is 3. The van der Waals surface area contributed by atoms with E-state index in [-0.39, 0.29) is 0 Å². The van der Waals surface area contributed by atoms with Gasteiger partial charge in [0.2, 0.25) is 0 Å². The number of rotatable bonds is 3. The molecule has 0 atom stereocenters. The number of hydrogen-bond acceptors (Lipinski definition) is 3. The first kappa shape index (κ1) is 12.8. The van der Waals surface area contributed by atoms with Gasteiger partial charge in [-0.15, -0.1) is 0 Å². The highest BCUT2D eigenvalue weighted by molar-refractivity contribution is 5.61. The summed E-state index contributed by atoms with van der Waals surface area (Å²) in [4.78, 5) is 4.54. The van der Waals surface area contributed by atoms with Gasteiger partial charge in [0.1, 0.15) is 0 Å². The highest BCUT2D eigenvalue weighted by Gasteiger charge is 2.10. The second kappa shape index (κ2) is 5.06. The monoisotopic (exact) mass is 266 g/mol. The van der Waals surface area contributed by atoms with Crippen molar-refractivity contribution in [2.24, 2.45) is 0 Å². The molecule has 0 spiro atoms. The summed E-state index contributed by atoms with van der Waals surface area (Å²) in [5.74, 6) is 0. The third-order valence-electron chi connectivity index (χ3n) is 3.46. The second-order valence-corrected chi connectivity index (χ2v) is 5.03. The Kier molecular flexibility index (Phi) is 3.24. The minimum atomic E-state index is 0.761. The molecule has 102 valence electrons. The molecule has 2 heterocycles. The van der Waals surface area contributed by atoms with Crippen LogP contribution in [0.3, 0.4) is 0 Å². The van der Waals surface area contributed by atoms with Crippen LogP contribution in [0.4, 0.5) is 0 Å². The first-order valence-corrected chi connectivity index (χ1v) is 6.76. The zero-order valence-electron chi connectivity index (χ0n) is 12.0. The van der Waals surface area contributed by atoms with Gasteiger partial charge in [-0.25, -0.2) is 9.50 Å². The molecule has 0 aliphatic rings. The summed E-state index contributed by atoms with van der Waals surface area (Å²) in [6.45, 7) is 4.87. The molecule has 20 heavy (non-hydrogen) atoms. The van der Waals surface area contributed by atoms with Crippen LogP contribution >= 0.6 is 0 Å². The molecule has 0 amide bonds. The van der Waals surface area contributed by atoms with Crippen LogP contribution in [0.15, 0.2) is 36.4 Å². The smallest absolute Gasteiger partial charge is 0.154 e. The number of hydrogen-bond donors (Lipinski definition) is 1. The van der Waals surface area contributed by atoms with Crippen LogP contribution < -0.4 is 5.32 Å². The first-order chi connectivity index (χ1) is 9.69. The largest absolute Gasteiger partial charge is 0.314 e. The summed E-state index contributed by atoms with van der Waals surface area (Å²) < 4.78 is 1.93. The molecule has 0 radical (unpaired) electrons. The molecule has 0 aliphatic heterocycles. The Bertz CT molecular complexity index is 741. The van der Waals surface area contributed by atoms with Crippen molar-refractivity contribution >= 4 is 5.65 Å². The lowest BCUT2D eigenvalue weighted by molar-refractivity contribution is 0.744. The van der Waals surface area contributed by atoms with Crippen LogP contribution in [0.5, 0.6) is 0 Å². The van der Waals surface area contributed by atoms with Crippen LogP contribution in [0, 0.1) is 13.8 Å². The average Bonchev–Trinajstić information content (AvgIpc) is 2.76. The van der Waals surface area contributed by atoms with Crippen molar-refractivity contribution in [2.75, 3.05) is 7.05 Å². The maximum Gasteiger partial charge on any atom is 0.154 e. The Morgan fingerprint density at radius 2 is 1.80 bits per heavy atom. The van der Waals surface area contributed by atoms with E-state index in [9.17, 15) is 0 Å². The molecule has 3 rings (SSSR count). The van der Waals surface area contributed by atoms with Crippen LogP contribution in [0.2, 0.25) is 0 Å². The lowest BCUT2D eigenvalue weighted by atomic mass is 10.1. The summed E-state index contributed by atoms with van der Waals surface area (Å²) in [7, 11) is 1.93. The maximum absolute atomic E-state index is 4.73. The lowest BCUT2D eigenvalue weighted by Crippen LogP contribution is -2.10. The normalized spacial score (nSPS) is 11.2. The van der Waals surface area contributed by atoms with Crippen molar-refractivity contribution in [3.63, 3.8) is 0 Å². The number of imidazole rings is 1. The lowest BCUT2D eigenvalue weighted by Gasteiger charge is -2.05. The second-order valence-electron chi connectivity index (χ2n) is 5.03. The van der Waals surface area contributed by atoms with Crippen molar-refractivity contribution < 1.29 is 0 Å². The van der Waals surface area contributed by atoms with Crippen molar-refractivity contribution in [3.05, 3.63) is 53.3 Å². The van der Waals surface area contributed by atoms with Gasteiger partial charge >= 0.3 is 0 Å². The van der Waals surface area contributed by atoms with Gasteiger partial charge in [0.05, 0.1) is 17.1 Å². The van der Waals surface area contributed by atoms with E-state index in [1.165, 1.54) is 5.56 Å². The summed E-state index contributed by atoms with van der Waals surface area (Å²) >= 11 is 0. The molecule has 1 aromatic carbocycles. The van der Waals surface area contributed by atoms with Crippen molar-refractivity contribution in [1.29, 1.82) is 0 Å². The number of aryl methyl sites for hydroxylation is 2. The van der Waals surface area contributed by atoms with Crippen molar-refractivity contribution in [2.45, 2.75) is 20.4 Å². The molecule has 0 bridgehead atoms. The van der Waals surface area contributed by atoms with E-state index in [1.54, 1.807) is 0 Å². The van der Waals surface area contributed by atoms with E-state index < -0.39 is 0 Å². The van der Waals surface area contributed by atoms with Crippen LogP contribution in [-0.2, 0) is 6.54 Å². The molecule has 0 unspecified atom stereocenters. The number of nitrogens with zero attached hydrogens (tertiary/aromatic N) is 3. The van der Waals surface area contributed by atoms with Crippen LogP contribution in [0.25, 0.3) is 16.9 Å². The number of fused-ring (bicyclic) bond motifs is 1. The molecule has 3 aromatic rings. The molecule has 4 heteroatoms. The molecule has 4 nitrogen and oxygen atoms in total. The predicted octanol–water partition coefficient (Wildman–Crippen LogP) is 2.73. The first-order valence-electron chi connectivity index (χ1n) is 6.76. The minimum Gasteiger partial charge on any atom is -0.314 e. The average molecular weight is 266 g/mol. The van der Waals surface area contributed by atoms with E-state index in [0.29, 0.717) is 0 Å². The molecule has 1 N–H and O–H groups in total. The van der Waals surface area contributed by atoms with E-state index in [4.69, 9.17) is 5.10 Å². The van der Waals surface area contributed by atoms with Gasteiger partial charge in [-0.3, -0.25) is 0 Å². The summed E-state index contributed by atoms with van der Waals surface area (Å²) in [5, 5.41) is 7.90. The third-order valence-corrected chi connectivity index (χ3v) is 3.46. The quantitative estimate of drug-likeness (QED) is 0.792. The molecule has 0 saturated heterocycles. The molecular weight excluding hydrogens is 248 g/mol. The van der Waals surface area contributed by atoms with E-state index >= 15 is 0 Å². The third kappa shape index (κ3) is 2.18. The summed E-state index contributed by atoms with van der Waals surface area (Å²) in [6, 6.07) is 12.5. The van der Waals surface area contributed by atoms with E-state index in [1.807, 2.05) is 30.6 Å². The van der Waals surface area contributed by atoms with Gasteiger partial charge in [-0.2, -0.15) is 5.10 Å². The Morgan fingerprint density at radius 3 is 2.50 bits per heavy atom. The topological polar surface area (TPSA) is 42.2 Å². The Morgan fingerprint density at radius 1 is 1.05 bits per heavy atom. The fraction of sp³-hybridized carbons (Fsp3) is 0.250. The fourth-order valence-electron chi connectivity index (χ4n) is 2.34. The van der Waals surface area contributed by atoms with E-state index in [2.05, 4.69) is 41.5 Å². The van der Waals surface area contributed by atoms with Gasteiger partial charge < -0.3 is 5.32 Å². The van der Waals surface area contributed by atoms with Crippen LogP contribution in [0.1, 0.15) is 17.0 Å². The zero-order chi connectivity index (χ0) is 14.1. The molecular formula is C16H18N4. The highest BCUT2D eigenvalue weighted by atomic mass is 15.3. The molecule has 2 aromatic heterocycles. The standard InChI is InChI=1S/C16H18N4/c1-11-4-6-13(7-5-11)14-8-9-16-18-12(2)15(10-17-3)20(16)19-14/h4-9,17H,10H2,1-3H3. The Balaban J connectivity index is 2.13. The predicted molar refractivity (Wildman–Crippen MR) is 80.7 cm³/mol. The molecule has 0 aliphatic carbocycles. The van der Waals surface area contributed by atoms with Crippen molar-refractivity contribution in [1.82, 2.24) is 19.9 Å². The highest BCUT2D eigenvalue weighted by Crippen LogP contribution is 2.19. The molecule has 0 fully saturated rings. The number of nitrogens with one attached hydrogen (secondary N) is 1.